The van der Waals surface area contributed by atoms with Gasteiger partial charge >= 0.3 is 5.97 Å². The number of halogens is 1. The zero-order valence-corrected chi connectivity index (χ0v) is 9.60. The van der Waals surface area contributed by atoms with Crippen LogP contribution in [0.2, 0.25) is 0 Å². The lowest BCUT2D eigenvalue weighted by molar-refractivity contribution is -0.136. The fraction of sp³-hybridized carbons (Fsp3) is 0.231. The molecule has 1 N–H and O–H groups in total. The smallest absolute Gasteiger partial charge is 0.303 e. The SMILES string of the molecule is O=C(O)CCc1coc(Cc2ccccc2F)n1. The van der Waals surface area contributed by atoms with Crippen molar-refractivity contribution in [3.05, 3.63) is 53.5 Å². The molecule has 1 heterocycles. The van der Waals surface area contributed by atoms with Gasteiger partial charge in [-0.15, -0.1) is 0 Å². The van der Waals surface area contributed by atoms with E-state index in [0.29, 0.717) is 23.6 Å². The topological polar surface area (TPSA) is 63.3 Å². The number of hydrogen-bond acceptors (Lipinski definition) is 3. The average molecular weight is 249 g/mol. The maximum Gasteiger partial charge on any atom is 0.303 e. The van der Waals surface area contributed by atoms with E-state index in [-0.39, 0.29) is 18.7 Å². The van der Waals surface area contributed by atoms with Gasteiger partial charge < -0.3 is 9.52 Å². The lowest BCUT2D eigenvalue weighted by Gasteiger charge is -1.98. The van der Waals surface area contributed by atoms with Gasteiger partial charge in [0.05, 0.1) is 18.5 Å². The largest absolute Gasteiger partial charge is 0.481 e. The van der Waals surface area contributed by atoms with Crippen molar-refractivity contribution in [3.63, 3.8) is 0 Å². The molecule has 0 aliphatic carbocycles. The molecule has 4 nitrogen and oxygen atoms in total. The molecule has 0 radical (unpaired) electrons. The van der Waals surface area contributed by atoms with E-state index in [0.717, 1.165) is 0 Å². The number of hydrogen-bond donors (Lipinski definition) is 1. The number of aliphatic carboxylic acids is 1. The number of nitrogens with zero attached hydrogens (tertiary/aromatic N) is 1. The second-order valence-electron chi connectivity index (χ2n) is 3.89. The molecular weight excluding hydrogens is 237 g/mol. The van der Waals surface area contributed by atoms with Gasteiger partial charge in [0.1, 0.15) is 12.1 Å². The Labute approximate surface area is 103 Å². The number of aryl methyl sites for hydroxylation is 1. The number of benzene rings is 1. The minimum Gasteiger partial charge on any atom is -0.481 e. The number of carboxylic acids is 1. The quantitative estimate of drug-likeness (QED) is 0.883. The predicted octanol–water partition coefficient (Wildman–Crippen LogP) is 2.42. The van der Waals surface area contributed by atoms with Gasteiger partial charge in [-0.25, -0.2) is 9.37 Å². The van der Waals surface area contributed by atoms with Crippen LogP contribution in [0.15, 0.2) is 34.9 Å². The van der Waals surface area contributed by atoms with Crippen molar-refractivity contribution in [3.8, 4) is 0 Å². The molecule has 0 amide bonds. The Bertz CT molecular complexity index is 551. The molecule has 0 atom stereocenters. The Kier molecular flexibility index (Phi) is 3.72. The number of carboxylic acid groups (broad SMARTS) is 1. The molecule has 1 aromatic heterocycles. The van der Waals surface area contributed by atoms with Crippen LogP contribution in [0.3, 0.4) is 0 Å². The molecular formula is C13H12FNO3. The van der Waals surface area contributed by atoms with Gasteiger partial charge in [-0.3, -0.25) is 4.79 Å². The summed E-state index contributed by atoms with van der Waals surface area (Å²) in [5.74, 6) is -0.795. The molecule has 0 saturated heterocycles. The summed E-state index contributed by atoms with van der Waals surface area (Å²) >= 11 is 0. The van der Waals surface area contributed by atoms with E-state index < -0.39 is 5.97 Å². The maximum absolute atomic E-state index is 13.4. The molecule has 0 aliphatic heterocycles. The minimum absolute atomic E-state index is 0.00563. The molecule has 0 bridgehead atoms. The van der Waals surface area contributed by atoms with Crippen molar-refractivity contribution < 1.29 is 18.7 Å². The van der Waals surface area contributed by atoms with Crippen molar-refractivity contribution in [2.45, 2.75) is 19.3 Å². The normalized spacial score (nSPS) is 10.5. The zero-order chi connectivity index (χ0) is 13.0. The third kappa shape index (κ3) is 3.16. The van der Waals surface area contributed by atoms with Crippen molar-refractivity contribution in [2.75, 3.05) is 0 Å². The number of carbonyl (C=O) groups is 1. The third-order valence-corrected chi connectivity index (χ3v) is 2.49. The summed E-state index contributed by atoms with van der Waals surface area (Å²) in [5.41, 5.74) is 1.08. The van der Waals surface area contributed by atoms with Crippen LogP contribution in [0.4, 0.5) is 4.39 Å². The van der Waals surface area contributed by atoms with E-state index in [1.165, 1.54) is 12.3 Å². The van der Waals surface area contributed by atoms with E-state index in [1.807, 2.05) is 0 Å². The van der Waals surface area contributed by atoms with Crippen LogP contribution < -0.4 is 0 Å². The molecule has 2 rings (SSSR count). The molecule has 18 heavy (non-hydrogen) atoms. The Hall–Kier alpha value is -2.17. The van der Waals surface area contributed by atoms with Crippen molar-refractivity contribution in [1.82, 2.24) is 4.98 Å². The molecule has 1 aromatic carbocycles. The van der Waals surface area contributed by atoms with Crippen LogP contribution >= 0.6 is 0 Å². The van der Waals surface area contributed by atoms with Crippen LogP contribution in [-0.4, -0.2) is 16.1 Å². The van der Waals surface area contributed by atoms with Gasteiger partial charge in [0.2, 0.25) is 0 Å². The van der Waals surface area contributed by atoms with Gasteiger partial charge in [-0.2, -0.15) is 0 Å². The third-order valence-electron chi connectivity index (χ3n) is 2.49. The first-order valence-electron chi connectivity index (χ1n) is 5.53. The van der Waals surface area contributed by atoms with Gasteiger partial charge in [0.25, 0.3) is 0 Å². The van der Waals surface area contributed by atoms with Gasteiger partial charge in [-0.05, 0) is 11.6 Å². The van der Waals surface area contributed by atoms with E-state index in [4.69, 9.17) is 9.52 Å². The first-order valence-corrected chi connectivity index (χ1v) is 5.53. The Morgan fingerprint density at radius 1 is 1.39 bits per heavy atom. The Balaban J connectivity index is 2.02. The Morgan fingerprint density at radius 2 is 2.17 bits per heavy atom. The van der Waals surface area contributed by atoms with Gasteiger partial charge in [0, 0.05) is 6.42 Å². The number of rotatable bonds is 5. The van der Waals surface area contributed by atoms with Crippen molar-refractivity contribution in [2.24, 2.45) is 0 Å². The summed E-state index contributed by atoms with van der Waals surface area (Å²) in [6.45, 7) is 0. The summed E-state index contributed by atoms with van der Waals surface area (Å²) in [6, 6.07) is 6.40. The van der Waals surface area contributed by atoms with Crippen LogP contribution in [0, 0.1) is 5.82 Å². The van der Waals surface area contributed by atoms with E-state index >= 15 is 0 Å². The second-order valence-corrected chi connectivity index (χ2v) is 3.89. The van der Waals surface area contributed by atoms with Crippen molar-refractivity contribution in [1.29, 1.82) is 0 Å². The highest BCUT2D eigenvalue weighted by Crippen LogP contribution is 2.13. The first kappa shape index (κ1) is 12.3. The summed E-state index contributed by atoms with van der Waals surface area (Å²) in [4.78, 5) is 14.5. The molecule has 2 aromatic rings. The fourth-order valence-electron chi connectivity index (χ4n) is 1.58. The zero-order valence-electron chi connectivity index (χ0n) is 9.60. The molecule has 0 saturated carbocycles. The molecule has 0 fully saturated rings. The highest BCUT2D eigenvalue weighted by Gasteiger charge is 2.09. The summed E-state index contributed by atoms with van der Waals surface area (Å²) in [7, 11) is 0. The highest BCUT2D eigenvalue weighted by atomic mass is 19.1. The predicted molar refractivity (Wildman–Crippen MR) is 61.7 cm³/mol. The monoisotopic (exact) mass is 249 g/mol. The summed E-state index contributed by atoms with van der Waals surface area (Å²) < 4.78 is 18.6. The Morgan fingerprint density at radius 3 is 2.89 bits per heavy atom. The molecule has 0 unspecified atom stereocenters. The maximum atomic E-state index is 13.4. The highest BCUT2D eigenvalue weighted by molar-refractivity contribution is 5.66. The van der Waals surface area contributed by atoms with Crippen LogP contribution in [0.5, 0.6) is 0 Å². The van der Waals surface area contributed by atoms with E-state index in [2.05, 4.69) is 4.98 Å². The fourth-order valence-corrected chi connectivity index (χ4v) is 1.58. The van der Waals surface area contributed by atoms with Crippen LogP contribution in [-0.2, 0) is 17.6 Å². The molecule has 0 aliphatic rings. The van der Waals surface area contributed by atoms with Crippen LogP contribution in [0.1, 0.15) is 23.6 Å². The molecule has 5 heteroatoms. The minimum atomic E-state index is -0.881. The summed E-state index contributed by atoms with van der Waals surface area (Å²) in [5, 5.41) is 8.55. The average Bonchev–Trinajstić information content (AvgIpc) is 2.77. The number of oxazole rings is 1. The molecule has 0 spiro atoms. The standard InChI is InChI=1S/C13H12FNO3/c14-11-4-2-1-3-9(11)7-12-15-10(8-18-12)5-6-13(16)17/h1-4,8H,5-7H2,(H,16,17). The van der Waals surface area contributed by atoms with Crippen molar-refractivity contribution >= 4 is 5.97 Å². The number of aromatic nitrogens is 1. The second kappa shape index (κ2) is 5.44. The van der Waals surface area contributed by atoms with Gasteiger partial charge in [-0.1, -0.05) is 18.2 Å². The molecule has 94 valence electrons. The van der Waals surface area contributed by atoms with E-state index in [9.17, 15) is 9.18 Å². The first-order chi connectivity index (χ1) is 8.65. The summed E-state index contributed by atoms with van der Waals surface area (Å²) in [6.07, 6.45) is 2.00. The lowest BCUT2D eigenvalue weighted by Crippen LogP contribution is -1.98. The lowest BCUT2D eigenvalue weighted by atomic mass is 10.1. The van der Waals surface area contributed by atoms with Crippen LogP contribution in [0.25, 0.3) is 0 Å². The van der Waals surface area contributed by atoms with E-state index in [1.54, 1.807) is 18.2 Å². The van der Waals surface area contributed by atoms with Gasteiger partial charge in [0.15, 0.2) is 5.89 Å².